The zero-order valence-electron chi connectivity index (χ0n) is 7.26. The predicted octanol–water partition coefficient (Wildman–Crippen LogP) is 2.11. The standard InChI is InChI=1S/C8H15O2P/c1-6(2)4-5-8(10-11)7(3)9/h4,8H,5,11H2,1-3H3. The molecule has 0 aromatic heterocycles. The van der Waals surface area contributed by atoms with Crippen LogP contribution in [0.15, 0.2) is 11.6 Å². The lowest BCUT2D eigenvalue weighted by Crippen LogP contribution is -2.16. The van der Waals surface area contributed by atoms with Crippen LogP contribution in [0, 0.1) is 0 Å². The van der Waals surface area contributed by atoms with Gasteiger partial charge in [0.05, 0.1) is 0 Å². The second-order valence-electron chi connectivity index (χ2n) is 2.75. The van der Waals surface area contributed by atoms with Gasteiger partial charge in [-0.2, -0.15) is 0 Å². The first-order valence-electron chi connectivity index (χ1n) is 3.57. The Kier molecular flexibility index (Phi) is 5.35. The number of carbonyl (C=O) groups excluding carboxylic acids is 1. The van der Waals surface area contributed by atoms with E-state index in [1.165, 1.54) is 12.5 Å². The van der Waals surface area contributed by atoms with Crippen molar-refractivity contribution in [1.82, 2.24) is 0 Å². The maximum Gasteiger partial charge on any atom is 0.159 e. The third-order valence-electron chi connectivity index (χ3n) is 1.36. The molecule has 0 amide bonds. The van der Waals surface area contributed by atoms with E-state index in [-0.39, 0.29) is 11.9 Å². The van der Waals surface area contributed by atoms with Gasteiger partial charge in [-0.05, 0) is 27.2 Å². The minimum Gasteiger partial charge on any atom is -0.354 e. The van der Waals surface area contributed by atoms with Crippen LogP contribution in [0.1, 0.15) is 27.2 Å². The van der Waals surface area contributed by atoms with E-state index in [0.717, 1.165) is 0 Å². The van der Waals surface area contributed by atoms with E-state index >= 15 is 0 Å². The third-order valence-corrected chi connectivity index (χ3v) is 1.69. The molecule has 0 rings (SSSR count). The Balaban J connectivity index is 3.89. The first-order chi connectivity index (χ1) is 5.07. The van der Waals surface area contributed by atoms with Crippen molar-refractivity contribution in [3.63, 3.8) is 0 Å². The molecule has 0 bridgehead atoms. The van der Waals surface area contributed by atoms with Crippen LogP contribution in [0.3, 0.4) is 0 Å². The summed E-state index contributed by atoms with van der Waals surface area (Å²) < 4.78 is 4.88. The number of rotatable bonds is 4. The molecule has 2 atom stereocenters. The maximum absolute atomic E-state index is 10.8. The summed E-state index contributed by atoms with van der Waals surface area (Å²) in [5.74, 6) is 0.0671. The lowest BCUT2D eigenvalue weighted by molar-refractivity contribution is -0.123. The van der Waals surface area contributed by atoms with Crippen molar-refractivity contribution in [2.24, 2.45) is 0 Å². The molecular weight excluding hydrogens is 159 g/mol. The Morgan fingerprint density at radius 2 is 2.09 bits per heavy atom. The normalized spacial score (nSPS) is 12.4. The van der Waals surface area contributed by atoms with E-state index in [1.54, 1.807) is 0 Å². The molecule has 0 saturated heterocycles. The maximum atomic E-state index is 10.8. The van der Waals surface area contributed by atoms with E-state index in [9.17, 15) is 4.79 Å². The van der Waals surface area contributed by atoms with Gasteiger partial charge in [-0.3, -0.25) is 4.79 Å². The van der Waals surface area contributed by atoms with Crippen LogP contribution in [-0.2, 0) is 9.32 Å². The molecule has 64 valence electrons. The van der Waals surface area contributed by atoms with Gasteiger partial charge in [-0.15, -0.1) is 0 Å². The quantitative estimate of drug-likeness (QED) is 0.482. The molecule has 0 saturated carbocycles. The summed E-state index contributed by atoms with van der Waals surface area (Å²) in [6.45, 7) is 5.54. The number of Topliss-reactive ketones (excluding diaryl/α,β-unsaturated/α-hetero) is 1. The number of carbonyl (C=O) groups is 1. The first kappa shape index (κ1) is 10.8. The molecule has 0 aliphatic heterocycles. The molecule has 2 nitrogen and oxygen atoms in total. The van der Waals surface area contributed by atoms with Crippen molar-refractivity contribution in [2.75, 3.05) is 0 Å². The van der Waals surface area contributed by atoms with Crippen LogP contribution in [0.5, 0.6) is 0 Å². The van der Waals surface area contributed by atoms with E-state index < -0.39 is 0 Å². The Morgan fingerprint density at radius 3 is 2.36 bits per heavy atom. The summed E-state index contributed by atoms with van der Waals surface area (Å²) in [5.41, 5.74) is 1.21. The van der Waals surface area contributed by atoms with Crippen molar-refractivity contribution in [2.45, 2.75) is 33.3 Å². The highest BCUT2D eigenvalue weighted by atomic mass is 31.0. The number of ketones is 1. The Bertz CT molecular complexity index is 159. The number of hydrogen-bond donors (Lipinski definition) is 0. The molecule has 0 aromatic carbocycles. The first-order valence-corrected chi connectivity index (χ1v) is 4.04. The average Bonchev–Trinajstić information content (AvgIpc) is 1.87. The van der Waals surface area contributed by atoms with Gasteiger partial charge >= 0.3 is 0 Å². The Labute approximate surface area is 70.3 Å². The highest BCUT2D eigenvalue weighted by Gasteiger charge is 2.09. The monoisotopic (exact) mass is 174 g/mol. The van der Waals surface area contributed by atoms with E-state index in [0.29, 0.717) is 6.42 Å². The van der Waals surface area contributed by atoms with Crippen LogP contribution >= 0.6 is 9.47 Å². The largest absolute Gasteiger partial charge is 0.354 e. The minimum absolute atomic E-state index is 0.0671. The van der Waals surface area contributed by atoms with Gasteiger partial charge in [0, 0.05) is 9.47 Å². The summed E-state index contributed by atoms with van der Waals surface area (Å²) in [5, 5.41) is 0. The van der Waals surface area contributed by atoms with Crippen molar-refractivity contribution < 1.29 is 9.32 Å². The molecule has 0 radical (unpaired) electrons. The zero-order valence-corrected chi connectivity index (χ0v) is 8.41. The van der Waals surface area contributed by atoms with Gasteiger partial charge < -0.3 is 4.52 Å². The van der Waals surface area contributed by atoms with Crippen LogP contribution < -0.4 is 0 Å². The number of hydrogen-bond acceptors (Lipinski definition) is 2. The Morgan fingerprint density at radius 1 is 1.55 bits per heavy atom. The van der Waals surface area contributed by atoms with Crippen LogP contribution in [0.2, 0.25) is 0 Å². The van der Waals surface area contributed by atoms with Crippen molar-refractivity contribution >= 4 is 15.2 Å². The fraction of sp³-hybridized carbons (Fsp3) is 0.625. The topological polar surface area (TPSA) is 26.3 Å². The molecule has 0 spiro atoms. The molecule has 0 heterocycles. The molecule has 0 fully saturated rings. The highest BCUT2D eigenvalue weighted by Crippen LogP contribution is 2.07. The van der Waals surface area contributed by atoms with E-state index in [1.807, 2.05) is 19.9 Å². The van der Waals surface area contributed by atoms with Gasteiger partial charge in [-0.1, -0.05) is 11.6 Å². The molecule has 0 aliphatic rings. The van der Waals surface area contributed by atoms with Crippen LogP contribution in [0.4, 0.5) is 0 Å². The van der Waals surface area contributed by atoms with Gasteiger partial charge in [0.1, 0.15) is 6.10 Å². The lowest BCUT2D eigenvalue weighted by Gasteiger charge is -2.07. The summed E-state index contributed by atoms with van der Waals surface area (Å²) >= 11 is 0. The fourth-order valence-corrected chi connectivity index (χ4v) is 0.963. The summed E-state index contributed by atoms with van der Waals surface area (Å²) in [6.07, 6.45) is 2.37. The summed E-state index contributed by atoms with van der Waals surface area (Å²) in [6, 6.07) is 0. The van der Waals surface area contributed by atoms with E-state index in [2.05, 4.69) is 9.47 Å². The van der Waals surface area contributed by atoms with Gasteiger partial charge in [0.25, 0.3) is 0 Å². The fourth-order valence-electron chi connectivity index (χ4n) is 0.660. The van der Waals surface area contributed by atoms with Gasteiger partial charge in [0.15, 0.2) is 5.78 Å². The van der Waals surface area contributed by atoms with Crippen molar-refractivity contribution in [1.29, 1.82) is 0 Å². The van der Waals surface area contributed by atoms with Gasteiger partial charge in [0.2, 0.25) is 0 Å². The highest BCUT2D eigenvalue weighted by molar-refractivity contribution is 7.09. The van der Waals surface area contributed by atoms with E-state index in [4.69, 9.17) is 4.52 Å². The minimum atomic E-state index is -0.296. The molecule has 0 aliphatic carbocycles. The molecule has 3 heteroatoms. The Hall–Kier alpha value is -0.200. The molecule has 2 unspecified atom stereocenters. The van der Waals surface area contributed by atoms with Crippen molar-refractivity contribution in [3.8, 4) is 0 Å². The zero-order chi connectivity index (χ0) is 8.85. The summed E-state index contributed by atoms with van der Waals surface area (Å²) in [7, 11) is 2.12. The van der Waals surface area contributed by atoms with Crippen molar-refractivity contribution in [3.05, 3.63) is 11.6 Å². The van der Waals surface area contributed by atoms with Crippen LogP contribution in [-0.4, -0.2) is 11.9 Å². The average molecular weight is 174 g/mol. The predicted molar refractivity (Wildman–Crippen MR) is 49.3 cm³/mol. The second-order valence-corrected chi connectivity index (χ2v) is 3.02. The summed E-state index contributed by atoms with van der Waals surface area (Å²) in [4.78, 5) is 10.8. The van der Waals surface area contributed by atoms with Crippen LogP contribution in [0.25, 0.3) is 0 Å². The third kappa shape index (κ3) is 5.11. The van der Waals surface area contributed by atoms with Gasteiger partial charge in [-0.25, -0.2) is 0 Å². The lowest BCUT2D eigenvalue weighted by atomic mass is 10.1. The molecular formula is C8H15O2P. The molecule has 0 N–H and O–H groups in total. The second kappa shape index (κ2) is 5.45. The smallest absolute Gasteiger partial charge is 0.159 e. The molecule has 11 heavy (non-hydrogen) atoms. The molecule has 0 aromatic rings. The number of allylic oxidation sites excluding steroid dienone is 1. The SMILES string of the molecule is CC(=O)C(CC=C(C)C)OP.